The van der Waals surface area contributed by atoms with Crippen LogP contribution in [0.2, 0.25) is 0 Å². The fourth-order valence-electron chi connectivity index (χ4n) is 2.33. The number of carbonyl (C=O) groups excluding carboxylic acids is 1. The van der Waals surface area contributed by atoms with Crippen LogP contribution in [-0.4, -0.2) is 27.0 Å². The van der Waals surface area contributed by atoms with Crippen molar-refractivity contribution in [3.05, 3.63) is 52.5 Å². The Morgan fingerprint density at radius 2 is 1.96 bits per heavy atom. The van der Waals surface area contributed by atoms with Crippen molar-refractivity contribution >= 4 is 37.5 Å². The van der Waals surface area contributed by atoms with Gasteiger partial charge in [-0.1, -0.05) is 12.1 Å². The van der Waals surface area contributed by atoms with Crippen molar-refractivity contribution in [1.29, 1.82) is 0 Å². The zero-order valence-electron chi connectivity index (χ0n) is 14.2. The van der Waals surface area contributed by atoms with E-state index in [1.165, 1.54) is 6.07 Å². The second kappa shape index (κ2) is 7.77. The van der Waals surface area contributed by atoms with Crippen molar-refractivity contribution in [2.24, 2.45) is 0 Å². The van der Waals surface area contributed by atoms with Crippen LogP contribution in [0.5, 0.6) is 5.75 Å². The van der Waals surface area contributed by atoms with E-state index in [1.54, 1.807) is 25.1 Å². The smallest absolute Gasteiger partial charge is 0.262 e. The van der Waals surface area contributed by atoms with E-state index < -0.39 is 10.0 Å². The largest absolute Gasteiger partial charge is 0.483 e. The monoisotopic (exact) mass is 438 g/mol. The van der Waals surface area contributed by atoms with Crippen molar-refractivity contribution in [3.63, 3.8) is 0 Å². The molecule has 3 rings (SSSR count). The van der Waals surface area contributed by atoms with Gasteiger partial charge in [-0.2, -0.15) is 0 Å². The predicted molar refractivity (Wildman–Crippen MR) is 103 cm³/mol. The molecule has 138 valence electrons. The molecular weight excluding hydrogens is 420 g/mol. The third kappa shape index (κ3) is 4.84. The number of hydrogen-bond acceptors (Lipinski definition) is 4. The number of anilines is 1. The number of para-hydroxylation sites is 1. The number of ether oxygens (including phenoxy) is 1. The molecule has 8 heteroatoms. The Balaban J connectivity index is 1.61. The number of amides is 1. The minimum absolute atomic E-state index is 0.0530. The van der Waals surface area contributed by atoms with Crippen molar-refractivity contribution < 1.29 is 17.9 Å². The van der Waals surface area contributed by atoms with Crippen LogP contribution in [0.1, 0.15) is 18.4 Å². The van der Waals surface area contributed by atoms with Gasteiger partial charge in [0.05, 0.1) is 10.6 Å². The van der Waals surface area contributed by atoms with E-state index in [2.05, 4.69) is 26.0 Å². The van der Waals surface area contributed by atoms with E-state index in [1.807, 2.05) is 18.2 Å². The zero-order chi connectivity index (χ0) is 18.7. The molecular formula is C18H19BrN2O4S. The molecule has 0 bridgehead atoms. The minimum Gasteiger partial charge on any atom is -0.483 e. The van der Waals surface area contributed by atoms with E-state index in [9.17, 15) is 13.2 Å². The number of sulfonamides is 1. The lowest BCUT2D eigenvalue weighted by atomic mass is 10.2. The summed E-state index contributed by atoms with van der Waals surface area (Å²) in [5.41, 5.74) is 1.31. The molecule has 0 atom stereocenters. The second-order valence-electron chi connectivity index (χ2n) is 6.14. The SMILES string of the molecule is Cc1cc(S(=O)(=O)NC2CC2)ccc1OCC(=O)Nc1ccccc1Br. The van der Waals surface area contributed by atoms with Gasteiger partial charge >= 0.3 is 0 Å². The summed E-state index contributed by atoms with van der Waals surface area (Å²) in [6, 6.07) is 11.9. The van der Waals surface area contributed by atoms with Crippen LogP contribution in [0.4, 0.5) is 5.69 Å². The Labute approximate surface area is 161 Å². The molecule has 1 saturated carbocycles. The topological polar surface area (TPSA) is 84.5 Å². The Hall–Kier alpha value is -1.90. The van der Waals surface area contributed by atoms with Gasteiger partial charge in [0.2, 0.25) is 10.0 Å². The lowest BCUT2D eigenvalue weighted by Gasteiger charge is -2.12. The average Bonchev–Trinajstić information content (AvgIpc) is 3.39. The maximum Gasteiger partial charge on any atom is 0.262 e. The molecule has 0 spiro atoms. The molecule has 6 nitrogen and oxygen atoms in total. The Morgan fingerprint density at radius 3 is 2.62 bits per heavy atom. The van der Waals surface area contributed by atoms with Gasteiger partial charge in [-0.15, -0.1) is 0 Å². The molecule has 1 aliphatic carbocycles. The minimum atomic E-state index is -3.50. The van der Waals surface area contributed by atoms with E-state index in [0.29, 0.717) is 17.0 Å². The van der Waals surface area contributed by atoms with Crippen LogP contribution in [0, 0.1) is 6.92 Å². The first-order chi connectivity index (χ1) is 12.3. The molecule has 2 N–H and O–H groups in total. The molecule has 1 aliphatic rings. The first kappa shape index (κ1) is 18.9. The number of rotatable bonds is 7. The molecule has 0 radical (unpaired) electrons. The van der Waals surface area contributed by atoms with Crippen LogP contribution in [-0.2, 0) is 14.8 Å². The van der Waals surface area contributed by atoms with Gasteiger partial charge in [0.15, 0.2) is 6.61 Å². The fraction of sp³-hybridized carbons (Fsp3) is 0.278. The highest BCUT2D eigenvalue weighted by Crippen LogP contribution is 2.25. The lowest BCUT2D eigenvalue weighted by molar-refractivity contribution is -0.118. The van der Waals surface area contributed by atoms with Gasteiger partial charge < -0.3 is 10.1 Å². The summed E-state index contributed by atoms with van der Waals surface area (Å²) in [7, 11) is -3.50. The summed E-state index contributed by atoms with van der Waals surface area (Å²) >= 11 is 3.36. The van der Waals surface area contributed by atoms with Gasteiger partial charge in [-0.3, -0.25) is 4.79 Å². The summed E-state index contributed by atoms with van der Waals surface area (Å²) in [4.78, 5) is 12.2. The molecule has 2 aromatic rings. The number of hydrogen-bond donors (Lipinski definition) is 2. The first-order valence-electron chi connectivity index (χ1n) is 8.15. The molecule has 0 unspecified atom stereocenters. The van der Waals surface area contributed by atoms with E-state index in [4.69, 9.17) is 4.74 Å². The highest BCUT2D eigenvalue weighted by atomic mass is 79.9. The number of nitrogens with one attached hydrogen (secondary N) is 2. The molecule has 0 saturated heterocycles. The quantitative estimate of drug-likeness (QED) is 0.694. The van der Waals surface area contributed by atoms with Crippen LogP contribution in [0.3, 0.4) is 0 Å². The van der Waals surface area contributed by atoms with Gasteiger partial charge in [-0.25, -0.2) is 13.1 Å². The average molecular weight is 439 g/mol. The third-order valence-electron chi connectivity index (χ3n) is 3.86. The van der Waals surface area contributed by atoms with Crippen LogP contribution in [0.15, 0.2) is 51.8 Å². The van der Waals surface area contributed by atoms with Crippen molar-refractivity contribution in [2.75, 3.05) is 11.9 Å². The van der Waals surface area contributed by atoms with Crippen LogP contribution < -0.4 is 14.8 Å². The normalized spacial score (nSPS) is 14.1. The highest BCUT2D eigenvalue weighted by molar-refractivity contribution is 9.10. The van der Waals surface area contributed by atoms with Crippen molar-refractivity contribution in [1.82, 2.24) is 4.72 Å². The standard InChI is InChI=1S/C18H19BrN2O4S/c1-12-10-14(26(23,24)21-13-6-7-13)8-9-17(12)25-11-18(22)20-16-5-3-2-4-15(16)19/h2-5,8-10,13,21H,6-7,11H2,1H3,(H,20,22). The Bertz CT molecular complexity index is 927. The number of halogens is 1. The molecule has 0 heterocycles. The van der Waals surface area contributed by atoms with Gasteiger partial charge in [0, 0.05) is 10.5 Å². The molecule has 0 aliphatic heterocycles. The molecule has 26 heavy (non-hydrogen) atoms. The molecule has 2 aromatic carbocycles. The van der Waals surface area contributed by atoms with Crippen LogP contribution >= 0.6 is 15.9 Å². The molecule has 1 fully saturated rings. The molecule has 0 aromatic heterocycles. The van der Waals surface area contributed by atoms with E-state index in [-0.39, 0.29) is 23.5 Å². The van der Waals surface area contributed by atoms with Crippen LogP contribution in [0.25, 0.3) is 0 Å². The van der Waals surface area contributed by atoms with Gasteiger partial charge in [-0.05, 0) is 71.6 Å². The second-order valence-corrected chi connectivity index (χ2v) is 8.71. The number of aryl methyl sites for hydroxylation is 1. The fourth-order valence-corrected chi connectivity index (χ4v) is 4.11. The zero-order valence-corrected chi connectivity index (χ0v) is 16.6. The van der Waals surface area contributed by atoms with E-state index in [0.717, 1.165) is 17.3 Å². The summed E-state index contributed by atoms with van der Waals surface area (Å²) < 4.78 is 33.4. The predicted octanol–water partition coefficient (Wildman–Crippen LogP) is 3.22. The van der Waals surface area contributed by atoms with Crippen molar-refractivity contribution in [2.45, 2.75) is 30.7 Å². The maximum atomic E-state index is 12.2. The number of benzene rings is 2. The Kier molecular flexibility index (Phi) is 5.64. The van der Waals surface area contributed by atoms with Gasteiger partial charge in [0.25, 0.3) is 5.91 Å². The molecule has 1 amide bonds. The van der Waals surface area contributed by atoms with E-state index >= 15 is 0 Å². The first-order valence-corrected chi connectivity index (χ1v) is 10.4. The highest BCUT2D eigenvalue weighted by Gasteiger charge is 2.28. The summed E-state index contributed by atoms with van der Waals surface area (Å²) in [5, 5.41) is 2.75. The van der Waals surface area contributed by atoms with Gasteiger partial charge in [0.1, 0.15) is 5.75 Å². The summed E-state index contributed by atoms with van der Waals surface area (Å²) in [6.45, 7) is 1.58. The third-order valence-corrected chi connectivity index (χ3v) is 6.07. The van der Waals surface area contributed by atoms with Crippen molar-refractivity contribution in [3.8, 4) is 5.75 Å². The number of carbonyl (C=O) groups is 1. The summed E-state index contributed by atoms with van der Waals surface area (Å²) in [6.07, 6.45) is 1.76. The Morgan fingerprint density at radius 1 is 1.23 bits per heavy atom. The summed E-state index contributed by atoms with van der Waals surface area (Å²) in [5.74, 6) is 0.168. The lowest BCUT2D eigenvalue weighted by Crippen LogP contribution is -2.25. The maximum absolute atomic E-state index is 12.2.